The van der Waals surface area contributed by atoms with Gasteiger partial charge in [0.25, 0.3) is 0 Å². The molecule has 0 spiro atoms. The van der Waals surface area contributed by atoms with Crippen molar-refractivity contribution in [2.75, 3.05) is 28.4 Å². The van der Waals surface area contributed by atoms with E-state index in [-0.39, 0.29) is 0 Å². The standard InChI is InChI=1S/C24H24N2O4S2/c1-13-11-19(25-23-17(29-5)9-7-15(27-3)21(13)23)31-32-20-12-14(2)22-16(28-4)8-10-18(30-6)24(22)26-20/h7-12H,1-6H3. The number of ether oxygens (including phenoxy) is 4. The molecular formula is C24H24N2O4S2. The van der Waals surface area contributed by atoms with E-state index in [2.05, 4.69) is 26.0 Å². The molecular weight excluding hydrogens is 444 g/mol. The van der Waals surface area contributed by atoms with Gasteiger partial charge in [0.15, 0.2) is 0 Å². The number of hydrogen-bond donors (Lipinski definition) is 0. The van der Waals surface area contributed by atoms with Gasteiger partial charge >= 0.3 is 0 Å². The van der Waals surface area contributed by atoms with Crippen LogP contribution in [0.4, 0.5) is 0 Å². The van der Waals surface area contributed by atoms with E-state index in [9.17, 15) is 0 Å². The molecule has 6 nitrogen and oxygen atoms in total. The minimum atomic E-state index is 0.716. The van der Waals surface area contributed by atoms with Gasteiger partial charge < -0.3 is 18.9 Å². The first-order chi connectivity index (χ1) is 15.5. The summed E-state index contributed by atoms with van der Waals surface area (Å²) in [5.74, 6) is 2.99. The van der Waals surface area contributed by atoms with E-state index in [1.165, 1.54) is 0 Å². The molecule has 2 aromatic carbocycles. The van der Waals surface area contributed by atoms with Crippen molar-refractivity contribution in [3.8, 4) is 23.0 Å². The summed E-state index contributed by atoms with van der Waals surface area (Å²) in [5, 5.41) is 3.64. The molecule has 166 valence electrons. The van der Waals surface area contributed by atoms with Crippen LogP contribution in [-0.2, 0) is 0 Å². The van der Waals surface area contributed by atoms with Crippen molar-refractivity contribution in [2.24, 2.45) is 0 Å². The molecule has 0 aliphatic rings. The molecule has 0 unspecified atom stereocenters. The third kappa shape index (κ3) is 4.00. The Hall–Kier alpha value is -2.84. The second kappa shape index (κ2) is 9.34. The summed E-state index contributed by atoms with van der Waals surface area (Å²) in [6.07, 6.45) is 0. The number of fused-ring (bicyclic) bond motifs is 2. The fourth-order valence-electron chi connectivity index (χ4n) is 3.73. The first kappa shape index (κ1) is 22.4. The molecule has 0 saturated carbocycles. The van der Waals surface area contributed by atoms with Crippen LogP contribution in [0.2, 0.25) is 0 Å². The third-order valence-corrected chi connectivity index (χ3v) is 7.33. The zero-order valence-corrected chi connectivity index (χ0v) is 20.4. The zero-order valence-electron chi connectivity index (χ0n) is 18.8. The van der Waals surface area contributed by atoms with Gasteiger partial charge in [-0.15, -0.1) is 0 Å². The highest BCUT2D eigenvalue weighted by atomic mass is 33.1. The Morgan fingerprint density at radius 1 is 0.562 bits per heavy atom. The highest BCUT2D eigenvalue weighted by Crippen LogP contribution is 2.42. The molecule has 4 rings (SSSR count). The maximum absolute atomic E-state index is 5.54. The number of benzene rings is 2. The van der Waals surface area contributed by atoms with Gasteiger partial charge in [0.1, 0.15) is 44.1 Å². The van der Waals surface area contributed by atoms with Crippen LogP contribution >= 0.6 is 21.6 Å². The number of aromatic nitrogens is 2. The largest absolute Gasteiger partial charge is 0.496 e. The van der Waals surface area contributed by atoms with Crippen molar-refractivity contribution in [1.82, 2.24) is 9.97 Å². The Labute approximate surface area is 195 Å². The molecule has 8 heteroatoms. The molecule has 0 aliphatic heterocycles. The first-order valence-corrected chi connectivity index (χ1v) is 12.0. The van der Waals surface area contributed by atoms with Crippen LogP contribution in [0.3, 0.4) is 0 Å². The van der Waals surface area contributed by atoms with Crippen molar-refractivity contribution in [2.45, 2.75) is 23.9 Å². The molecule has 0 atom stereocenters. The fraction of sp³-hybridized carbons (Fsp3) is 0.250. The minimum absolute atomic E-state index is 0.716. The second-order valence-corrected chi connectivity index (χ2v) is 9.28. The SMILES string of the molecule is COc1ccc(OC)c2c(C)cc(SSc3cc(C)c4c(OC)ccc(OC)c4n3)nc12. The van der Waals surface area contributed by atoms with E-state index in [1.807, 2.05) is 24.3 Å². The lowest BCUT2D eigenvalue weighted by Gasteiger charge is -2.14. The smallest absolute Gasteiger partial charge is 0.145 e. The molecule has 0 radical (unpaired) electrons. The predicted molar refractivity (Wildman–Crippen MR) is 131 cm³/mol. The second-order valence-electron chi connectivity index (χ2n) is 7.11. The summed E-state index contributed by atoms with van der Waals surface area (Å²) >= 11 is 0. The maximum atomic E-state index is 5.54. The van der Waals surface area contributed by atoms with Crippen LogP contribution in [0.15, 0.2) is 46.5 Å². The summed E-state index contributed by atoms with van der Waals surface area (Å²) in [7, 11) is 9.72. The molecule has 0 N–H and O–H groups in total. The van der Waals surface area contributed by atoms with Gasteiger partial charge in [0, 0.05) is 10.8 Å². The van der Waals surface area contributed by atoms with E-state index >= 15 is 0 Å². The van der Waals surface area contributed by atoms with Gasteiger partial charge in [-0.05, 0) is 83.0 Å². The lowest BCUT2D eigenvalue weighted by atomic mass is 10.1. The molecule has 0 amide bonds. The van der Waals surface area contributed by atoms with Crippen molar-refractivity contribution < 1.29 is 18.9 Å². The van der Waals surface area contributed by atoms with Gasteiger partial charge in [-0.1, -0.05) is 0 Å². The Bertz CT molecular complexity index is 1210. The molecule has 0 fully saturated rings. The average molecular weight is 469 g/mol. The first-order valence-electron chi connectivity index (χ1n) is 9.89. The molecule has 0 aliphatic carbocycles. The Morgan fingerprint density at radius 2 is 0.906 bits per heavy atom. The average Bonchev–Trinajstić information content (AvgIpc) is 2.81. The van der Waals surface area contributed by atoms with Gasteiger partial charge in [-0.2, -0.15) is 0 Å². The quantitative estimate of drug-likeness (QED) is 0.296. The van der Waals surface area contributed by atoms with Crippen molar-refractivity contribution in [3.63, 3.8) is 0 Å². The van der Waals surface area contributed by atoms with Crippen LogP contribution in [0.1, 0.15) is 11.1 Å². The third-order valence-electron chi connectivity index (χ3n) is 5.21. The lowest BCUT2D eigenvalue weighted by Crippen LogP contribution is -1.95. The van der Waals surface area contributed by atoms with Crippen LogP contribution < -0.4 is 18.9 Å². The topological polar surface area (TPSA) is 62.7 Å². The predicted octanol–water partition coefficient (Wildman–Crippen LogP) is 6.23. The minimum Gasteiger partial charge on any atom is -0.496 e. The number of methoxy groups -OCH3 is 4. The van der Waals surface area contributed by atoms with Crippen molar-refractivity contribution in [1.29, 1.82) is 0 Å². The highest BCUT2D eigenvalue weighted by molar-refractivity contribution is 8.76. The Kier molecular flexibility index (Phi) is 6.53. The normalized spacial score (nSPS) is 11.1. The van der Waals surface area contributed by atoms with Crippen LogP contribution in [0.5, 0.6) is 23.0 Å². The molecule has 0 bridgehead atoms. The van der Waals surface area contributed by atoms with Crippen LogP contribution in [0, 0.1) is 13.8 Å². The highest BCUT2D eigenvalue weighted by Gasteiger charge is 2.16. The summed E-state index contributed by atoms with van der Waals surface area (Å²) in [6, 6.07) is 11.7. The van der Waals surface area contributed by atoms with Gasteiger partial charge in [-0.25, -0.2) is 9.97 Å². The number of pyridine rings is 2. The van der Waals surface area contributed by atoms with E-state index in [0.29, 0.717) is 11.5 Å². The van der Waals surface area contributed by atoms with Crippen LogP contribution in [0.25, 0.3) is 21.8 Å². The Balaban J connectivity index is 1.72. The van der Waals surface area contributed by atoms with E-state index in [1.54, 1.807) is 50.0 Å². The van der Waals surface area contributed by atoms with Crippen molar-refractivity contribution in [3.05, 3.63) is 47.5 Å². The van der Waals surface area contributed by atoms with E-state index < -0.39 is 0 Å². The molecule has 2 aromatic heterocycles. The number of aryl methyl sites for hydroxylation is 2. The number of rotatable bonds is 7. The maximum Gasteiger partial charge on any atom is 0.145 e. The van der Waals surface area contributed by atoms with Crippen LogP contribution in [-0.4, -0.2) is 38.4 Å². The molecule has 4 aromatic rings. The monoisotopic (exact) mass is 468 g/mol. The molecule has 32 heavy (non-hydrogen) atoms. The van der Waals surface area contributed by atoms with Crippen molar-refractivity contribution >= 4 is 43.4 Å². The molecule has 2 heterocycles. The van der Waals surface area contributed by atoms with Gasteiger partial charge in [-0.3, -0.25) is 0 Å². The summed E-state index contributed by atoms with van der Waals surface area (Å²) in [5.41, 5.74) is 3.71. The number of nitrogens with zero attached hydrogens (tertiary/aromatic N) is 2. The lowest BCUT2D eigenvalue weighted by molar-refractivity contribution is 0.409. The molecule has 0 saturated heterocycles. The summed E-state index contributed by atoms with van der Waals surface area (Å²) in [4.78, 5) is 9.68. The van der Waals surface area contributed by atoms with Gasteiger partial charge in [0.2, 0.25) is 0 Å². The van der Waals surface area contributed by atoms with Gasteiger partial charge in [0.05, 0.1) is 28.4 Å². The van der Waals surface area contributed by atoms with E-state index in [0.717, 1.165) is 54.5 Å². The summed E-state index contributed by atoms with van der Waals surface area (Å²) in [6.45, 7) is 4.10. The zero-order chi connectivity index (χ0) is 22.8. The Morgan fingerprint density at radius 3 is 1.25 bits per heavy atom. The number of hydrogen-bond acceptors (Lipinski definition) is 8. The van der Waals surface area contributed by atoms with E-state index in [4.69, 9.17) is 28.9 Å². The summed E-state index contributed by atoms with van der Waals surface area (Å²) < 4.78 is 22.1. The fourth-order valence-corrected chi connectivity index (χ4v) is 5.63.